The van der Waals surface area contributed by atoms with Gasteiger partial charge in [0.05, 0.1) is 13.2 Å². The molecule has 17 heavy (non-hydrogen) atoms. The van der Waals surface area contributed by atoms with Crippen LogP contribution in [0.25, 0.3) is 0 Å². The summed E-state index contributed by atoms with van der Waals surface area (Å²) >= 11 is 5.77. The van der Waals surface area contributed by atoms with E-state index >= 15 is 0 Å². The summed E-state index contributed by atoms with van der Waals surface area (Å²) in [6.45, 7) is 7.42. The molecular weight excluding hydrogens is 236 g/mol. The van der Waals surface area contributed by atoms with Crippen LogP contribution < -0.4 is 9.47 Å². The zero-order valence-corrected chi connectivity index (χ0v) is 11.6. The van der Waals surface area contributed by atoms with Gasteiger partial charge >= 0.3 is 0 Å². The summed E-state index contributed by atoms with van der Waals surface area (Å²) in [6, 6.07) is 6.13. The number of rotatable bonds is 7. The summed E-state index contributed by atoms with van der Waals surface area (Å²) in [4.78, 5) is 0. The SMILES string of the molecule is CCOc1ccc(C(C)CCCl)cc1OCC. The van der Waals surface area contributed by atoms with Gasteiger partial charge in [0.1, 0.15) is 0 Å². The molecule has 0 spiro atoms. The third kappa shape index (κ3) is 4.12. The lowest BCUT2D eigenvalue weighted by molar-refractivity contribution is 0.287. The number of benzene rings is 1. The van der Waals surface area contributed by atoms with Crippen LogP contribution in [0.1, 0.15) is 38.7 Å². The van der Waals surface area contributed by atoms with Gasteiger partial charge in [0.2, 0.25) is 0 Å². The van der Waals surface area contributed by atoms with Gasteiger partial charge in [-0.1, -0.05) is 13.0 Å². The molecule has 1 aromatic rings. The molecule has 3 heteroatoms. The molecule has 0 fully saturated rings. The topological polar surface area (TPSA) is 18.5 Å². The van der Waals surface area contributed by atoms with Gasteiger partial charge in [0, 0.05) is 5.88 Å². The van der Waals surface area contributed by atoms with E-state index in [2.05, 4.69) is 19.1 Å². The van der Waals surface area contributed by atoms with Crippen LogP contribution in [0.4, 0.5) is 0 Å². The summed E-state index contributed by atoms with van der Waals surface area (Å²) in [5, 5.41) is 0. The van der Waals surface area contributed by atoms with Crippen LogP contribution >= 0.6 is 11.6 Å². The first-order valence-electron chi connectivity index (χ1n) is 6.18. The molecule has 0 aliphatic heterocycles. The molecule has 0 aliphatic carbocycles. The second kappa shape index (κ2) is 7.44. The van der Waals surface area contributed by atoms with Crippen LogP contribution in [-0.4, -0.2) is 19.1 Å². The van der Waals surface area contributed by atoms with Gasteiger partial charge in [-0.15, -0.1) is 11.6 Å². The van der Waals surface area contributed by atoms with Crippen molar-refractivity contribution in [1.29, 1.82) is 0 Å². The quantitative estimate of drug-likeness (QED) is 0.680. The standard InChI is InChI=1S/C14H21ClO2/c1-4-16-13-7-6-12(11(3)8-9-15)10-14(13)17-5-2/h6-7,10-11H,4-5,8-9H2,1-3H3. The number of halogens is 1. The van der Waals surface area contributed by atoms with Crippen molar-refractivity contribution in [1.82, 2.24) is 0 Å². The lowest BCUT2D eigenvalue weighted by atomic mass is 9.98. The highest BCUT2D eigenvalue weighted by molar-refractivity contribution is 6.17. The molecule has 1 aromatic carbocycles. The first kappa shape index (κ1) is 14.2. The van der Waals surface area contributed by atoms with E-state index in [-0.39, 0.29) is 0 Å². The Bertz CT molecular complexity index is 339. The molecule has 1 unspecified atom stereocenters. The molecule has 0 heterocycles. The van der Waals surface area contributed by atoms with Gasteiger partial charge < -0.3 is 9.47 Å². The van der Waals surface area contributed by atoms with Crippen molar-refractivity contribution in [2.45, 2.75) is 33.1 Å². The average Bonchev–Trinajstić information content (AvgIpc) is 2.32. The van der Waals surface area contributed by atoms with Gasteiger partial charge in [-0.25, -0.2) is 0 Å². The Morgan fingerprint density at radius 2 is 1.76 bits per heavy atom. The molecule has 0 radical (unpaired) electrons. The van der Waals surface area contributed by atoms with Crippen molar-refractivity contribution in [3.05, 3.63) is 23.8 Å². The molecule has 0 bridgehead atoms. The van der Waals surface area contributed by atoms with E-state index in [1.165, 1.54) is 5.56 Å². The number of hydrogen-bond acceptors (Lipinski definition) is 2. The molecule has 1 rings (SSSR count). The van der Waals surface area contributed by atoms with Gasteiger partial charge in [-0.2, -0.15) is 0 Å². The van der Waals surface area contributed by atoms with E-state index in [9.17, 15) is 0 Å². The highest BCUT2D eigenvalue weighted by Crippen LogP contribution is 2.32. The average molecular weight is 257 g/mol. The summed E-state index contributed by atoms with van der Waals surface area (Å²) in [6.07, 6.45) is 0.973. The van der Waals surface area contributed by atoms with Crippen molar-refractivity contribution in [3.8, 4) is 11.5 Å². The van der Waals surface area contributed by atoms with E-state index in [1.807, 2.05) is 19.9 Å². The monoisotopic (exact) mass is 256 g/mol. The molecule has 96 valence electrons. The van der Waals surface area contributed by atoms with E-state index in [0.717, 1.165) is 17.9 Å². The molecule has 0 aliphatic rings. The summed E-state index contributed by atoms with van der Waals surface area (Å²) in [7, 11) is 0. The smallest absolute Gasteiger partial charge is 0.161 e. The Labute approximate surface area is 109 Å². The van der Waals surface area contributed by atoms with Crippen molar-refractivity contribution in [2.75, 3.05) is 19.1 Å². The minimum absolute atomic E-state index is 0.447. The Hall–Kier alpha value is -0.890. The fourth-order valence-corrected chi connectivity index (χ4v) is 2.03. The molecule has 0 saturated carbocycles. The lowest BCUT2D eigenvalue weighted by Gasteiger charge is -2.15. The van der Waals surface area contributed by atoms with Crippen molar-refractivity contribution in [2.24, 2.45) is 0 Å². The minimum Gasteiger partial charge on any atom is -0.490 e. The fraction of sp³-hybridized carbons (Fsp3) is 0.571. The second-order valence-electron chi connectivity index (χ2n) is 3.95. The Morgan fingerprint density at radius 3 is 2.35 bits per heavy atom. The Morgan fingerprint density at radius 1 is 1.12 bits per heavy atom. The normalized spacial score (nSPS) is 12.2. The maximum Gasteiger partial charge on any atom is 0.161 e. The van der Waals surface area contributed by atoms with E-state index < -0.39 is 0 Å². The largest absolute Gasteiger partial charge is 0.490 e. The first-order chi connectivity index (χ1) is 8.22. The fourth-order valence-electron chi connectivity index (χ4n) is 1.70. The van der Waals surface area contributed by atoms with E-state index in [0.29, 0.717) is 25.0 Å². The summed E-state index contributed by atoms with van der Waals surface area (Å²) < 4.78 is 11.1. The zero-order valence-electron chi connectivity index (χ0n) is 10.8. The van der Waals surface area contributed by atoms with Crippen LogP contribution in [-0.2, 0) is 0 Å². The van der Waals surface area contributed by atoms with Gasteiger partial charge in [0.25, 0.3) is 0 Å². The highest BCUT2D eigenvalue weighted by Gasteiger charge is 2.10. The van der Waals surface area contributed by atoms with Crippen molar-refractivity contribution in [3.63, 3.8) is 0 Å². The molecule has 2 nitrogen and oxygen atoms in total. The maximum atomic E-state index is 5.77. The molecule has 0 amide bonds. The second-order valence-corrected chi connectivity index (χ2v) is 4.33. The van der Waals surface area contributed by atoms with Crippen LogP contribution in [0.15, 0.2) is 18.2 Å². The Balaban J connectivity index is 2.91. The van der Waals surface area contributed by atoms with Crippen molar-refractivity contribution < 1.29 is 9.47 Å². The van der Waals surface area contributed by atoms with E-state index in [4.69, 9.17) is 21.1 Å². The van der Waals surface area contributed by atoms with Gasteiger partial charge in [-0.3, -0.25) is 0 Å². The van der Waals surface area contributed by atoms with Crippen LogP contribution in [0.2, 0.25) is 0 Å². The number of ether oxygens (including phenoxy) is 2. The van der Waals surface area contributed by atoms with Crippen LogP contribution in [0, 0.1) is 0 Å². The predicted octanol–water partition coefficient (Wildman–Crippen LogP) is 4.22. The zero-order chi connectivity index (χ0) is 12.7. The summed E-state index contributed by atoms with van der Waals surface area (Å²) in [5.41, 5.74) is 1.25. The minimum atomic E-state index is 0.447. The molecule has 0 saturated heterocycles. The number of alkyl halides is 1. The number of hydrogen-bond donors (Lipinski definition) is 0. The highest BCUT2D eigenvalue weighted by atomic mass is 35.5. The molecule has 0 N–H and O–H groups in total. The molecular formula is C14H21ClO2. The molecule has 0 aromatic heterocycles. The van der Waals surface area contributed by atoms with Crippen molar-refractivity contribution >= 4 is 11.6 Å². The third-order valence-electron chi connectivity index (χ3n) is 2.68. The molecule has 1 atom stereocenters. The lowest BCUT2D eigenvalue weighted by Crippen LogP contribution is -2.01. The van der Waals surface area contributed by atoms with Crippen LogP contribution in [0.5, 0.6) is 11.5 Å². The van der Waals surface area contributed by atoms with Gasteiger partial charge in [-0.05, 0) is 43.9 Å². The van der Waals surface area contributed by atoms with E-state index in [1.54, 1.807) is 0 Å². The summed E-state index contributed by atoms with van der Waals surface area (Å²) in [5.74, 6) is 2.77. The Kier molecular flexibility index (Phi) is 6.20. The maximum absolute atomic E-state index is 5.77. The predicted molar refractivity (Wildman–Crippen MR) is 72.5 cm³/mol. The van der Waals surface area contributed by atoms with Gasteiger partial charge in [0.15, 0.2) is 11.5 Å². The third-order valence-corrected chi connectivity index (χ3v) is 2.90. The first-order valence-corrected chi connectivity index (χ1v) is 6.71. The van der Waals surface area contributed by atoms with Crippen LogP contribution in [0.3, 0.4) is 0 Å².